The number of ketones is 1. The molecule has 1 unspecified atom stereocenters. The number of nitrogens with zero attached hydrogens (tertiary/aromatic N) is 2. The Bertz CT molecular complexity index is 961. The highest BCUT2D eigenvalue weighted by Crippen LogP contribution is 2.30. The van der Waals surface area contributed by atoms with Crippen LogP contribution in [0.2, 0.25) is 0 Å². The van der Waals surface area contributed by atoms with E-state index in [2.05, 4.69) is 16.8 Å². The molecular weight excluding hydrogens is 370 g/mol. The fourth-order valence-corrected chi connectivity index (χ4v) is 3.84. The number of ether oxygens (including phenoxy) is 1. The number of methoxy groups -OCH3 is 1. The summed E-state index contributed by atoms with van der Waals surface area (Å²) >= 11 is 0. The summed E-state index contributed by atoms with van der Waals surface area (Å²) in [5, 5.41) is 2.73. The molecule has 2 aromatic rings. The Morgan fingerprint density at radius 1 is 1.17 bits per heavy atom. The molecule has 1 aromatic carbocycles. The fourth-order valence-electron chi connectivity index (χ4n) is 3.84. The van der Waals surface area contributed by atoms with Crippen LogP contribution >= 0.6 is 0 Å². The first-order valence-corrected chi connectivity index (χ1v) is 9.71. The van der Waals surface area contributed by atoms with Crippen LogP contribution in [-0.2, 0) is 16.9 Å². The summed E-state index contributed by atoms with van der Waals surface area (Å²) in [6.07, 6.45) is 0.956. The first kappa shape index (κ1) is 20.6. The molecule has 1 atom stereocenters. The quantitative estimate of drug-likeness (QED) is 0.575. The van der Waals surface area contributed by atoms with Gasteiger partial charge in [0, 0.05) is 23.5 Å². The van der Waals surface area contributed by atoms with Gasteiger partial charge < -0.3 is 14.6 Å². The summed E-state index contributed by atoms with van der Waals surface area (Å²) in [5.41, 5.74) is 1.82. The first-order valence-electron chi connectivity index (χ1n) is 9.71. The Kier molecular flexibility index (Phi) is 5.50. The molecule has 7 nitrogen and oxygen atoms in total. The standard InChI is InChI=1S/C22H27N3O4/c1-6-11-24-14(2)12-18(15(24)3)19(26)13-25-20(27)22(4,23-21(25)28)16-7-9-17(29-5)10-8-16/h7-10,12H,6,11,13H2,1-5H3,(H,23,28). The maximum absolute atomic E-state index is 13.1. The van der Waals surface area contributed by atoms with Crippen LogP contribution in [0.5, 0.6) is 5.75 Å². The van der Waals surface area contributed by atoms with Crippen molar-refractivity contribution < 1.29 is 19.1 Å². The second-order valence-corrected chi connectivity index (χ2v) is 7.53. The lowest BCUT2D eigenvalue weighted by Gasteiger charge is -2.22. The van der Waals surface area contributed by atoms with Crippen molar-refractivity contribution in [2.24, 2.45) is 0 Å². The van der Waals surface area contributed by atoms with Crippen molar-refractivity contribution in [1.82, 2.24) is 14.8 Å². The van der Waals surface area contributed by atoms with Gasteiger partial charge in [0.2, 0.25) is 0 Å². The fraction of sp³-hybridized carbons (Fsp3) is 0.409. The summed E-state index contributed by atoms with van der Waals surface area (Å²) in [4.78, 5) is 39.5. The molecule has 1 aromatic heterocycles. The van der Waals surface area contributed by atoms with Crippen LogP contribution in [0.25, 0.3) is 0 Å². The summed E-state index contributed by atoms with van der Waals surface area (Å²) in [6, 6.07) is 8.20. The van der Waals surface area contributed by atoms with Crippen molar-refractivity contribution in [1.29, 1.82) is 0 Å². The van der Waals surface area contributed by atoms with Crippen molar-refractivity contribution in [2.75, 3.05) is 13.7 Å². The van der Waals surface area contributed by atoms with Gasteiger partial charge in [-0.2, -0.15) is 0 Å². The molecule has 0 bridgehead atoms. The summed E-state index contributed by atoms with van der Waals surface area (Å²) in [6.45, 7) is 8.11. The molecule has 2 heterocycles. The molecule has 154 valence electrons. The Morgan fingerprint density at radius 3 is 2.41 bits per heavy atom. The van der Waals surface area contributed by atoms with Crippen molar-refractivity contribution in [3.63, 3.8) is 0 Å². The van der Waals surface area contributed by atoms with Gasteiger partial charge in [-0.1, -0.05) is 19.1 Å². The highest BCUT2D eigenvalue weighted by molar-refractivity contribution is 6.11. The maximum Gasteiger partial charge on any atom is 0.325 e. The molecule has 3 amide bonds. The Morgan fingerprint density at radius 2 is 1.83 bits per heavy atom. The van der Waals surface area contributed by atoms with Crippen molar-refractivity contribution in [3.05, 3.63) is 52.8 Å². The highest BCUT2D eigenvalue weighted by atomic mass is 16.5. The first-order chi connectivity index (χ1) is 13.7. The summed E-state index contributed by atoms with van der Waals surface area (Å²) in [7, 11) is 1.56. The molecule has 7 heteroatoms. The number of Topliss-reactive ketones (excluding diaryl/α,β-unsaturated/α-hetero) is 1. The van der Waals surface area contributed by atoms with Gasteiger partial charge in [-0.3, -0.25) is 14.5 Å². The highest BCUT2D eigenvalue weighted by Gasteiger charge is 2.49. The largest absolute Gasteiger partial charge is 0.497 e. The van der Waals surface area contributed by atoms with Gasteiger partial charge in [0.15, 0.2) is 5.78 Å². The minimum Gasteiger partial charge on any atom is -0.497 e. The normalized spacial score (nSPS) is 18.9. The third kappa shape index (κ3) is 3.52. The van der Waals surface area contributed by atoms with Crippen LogP contribution in [0.4, 0.5) is 4.79 Å². The smallest absolute Gasteiger partial charge is 0.325 e. The zero-order valence-corrected chi connectivity index (χ0v) is 17.5. The third-order valence-electron chi connectivity index (χ3n) is 5.57. The van der Waals surface area contributed by atoms with Crippen LogP contribution < -0.4 is 10.1 Å². The number of carbonyl (C=O) groups is 3. The summed E-state index contributed by atoms with van der Waals surface area (Å²) < 4.78 is 7.23. The molecule has 0 aliphatic carbocycles. The van der Waals surface area contributed by atoms with E-state index < -0.39 is 17.5 Å². The minimum absolute atomic E-state index is 0.247. The molecule has 1 saturated heterocycles. The summed E-state index contributed by atoms with van der Waals surface area (Å²) in [5.74, 6) is -0.0325. The second-order valence-electron chi connectivity index (χ2n) is 7.53. The van der Waals surface area contributed by atoms with E-state index in [-0.39, 0.29) is 12.3 Å². The molecular formula is C22H27N3O4. The van der Waals surface area contributed by atoms with E-state index in [1.54, 1.807) is 38.3 Å². The molecule has 0 saturated carbocycles. The minimum atomic E-state index is -1.22. The zero-order chi connectivity index (χ0) is 21.3. The van der Waals surface area contributed by atoms with Crippen LogP contribution in [0, 0.1) is 13.8 Å². The molecule has 1 aliphatic rings. The van der Waals surface area contributed by atoms with Gasteiger partial charge >= 0.3 is 6.03 Å². The van der Waals surface area contributed by atoms with Crippen molar-refractivity contribution in [2.45, 2.75) is 46.2 Å². The van der Waals surface area contributed by atoms with E-state index in [0.29, 0.717) is 16.9 Å². The number of rotatable bonds is 7. The predicted molar refractivity (Wildman–Crippen MR) is 109 cm³/mol. The number of urea groups is 1. The number of amides is 3. The van der Waals surface area contributed by atoms with Crippen LogP contribution in [0.3, 0.4) is 0 Å². The van der Waals surface area contributed by atoms with Crippen LogP contribution in [-0.4, -0.2) is 40.8 Å². The average molecular weight is 397 g/mol. The number of carbonyl (C=O) groups excluding carboxylic acids is 3. The number of benzene rings is 1. The molecule has 1 aliphatic heterocycles. The van der Waals surface area contributed by atoms with E-state index in [4.69, 9.17) is 4.74 Å². The zero-order valence-electron chi connectivity index (χ0n) is 17.5. The number of aryl methyl sites for hydroxylation is 1. The Balaban J connectivity index is 1.83. The molecule has 3 rings (SSSR count). The van der Waals surface area contributed by atoms with Crippen molar-refractivity contribution >= 4 is 17.7 Å². The predicted octanol–water partition coefficient (Wildman–Crippen LogP) is 3.17. The molecule has 1 N–H and O–H groups in total. The topological polar surface area (TPSA) is 80.6 Å². The van der Waals surface area contributed by atoms with Gasteiger partial charge in [-0.05, 0) is 51.0 Å². The van der Waals surface area contributed by atoms with E-state index in [9.17, 15) is 14.4 Å². The SMILES string of the molecule is CCCn1c(C)cc(C(=O)CN2C(=O)NC(C)(c3ccc(OC)cc3)C2=O)c1C. The Labute approximate surface area is 170 Å². The number of hydrogen-bond donors (Lipinski definition) is 1. The van der Waals surface area contributed by atoms with Crippen LogP contribution in [0.1, 0.15) is 47.6 Å². The lowest BCUT2D eigenvalue weighted by Crippen LogP contribution is -2.41. The number of nitrogens with one attached hydrogen (secondary N) is 1. The lowest BCUT2D eigenvalue weighted by atomic mass is 9.92. The van der Waals surface area contributed by atoms with Crippen LogP contribution in [0.15, 0.2) is 30.3 Å². The molecule has 0 radical (unpaired) electrons. The molecule has 0 spiro atoms. The lowest BCUT2D eigenvalue weighted by molar-refractivity contribution is -0.130. The second kappa shape index (κ2) is 7.73. The van der Waals surface area contributed by atoms with Gasteiger partial charge in [0.1, 0.15) is 11.3 Å². The van der Waals surface area contributed by atoms with Crippen molar-refractivity contribution in [3.8, 4) is 5.75 Å². The maximum atomic E-state index is 13.1. The van der Waals surface area contributed by atoms with E-state index in [1.165, 1.54) is 0 Å². The van der Waals surface area contributed by atoms with E-state index in [0.717, 1.165) is 29.3 Å². The van der Waals surface area contributed by atoms with Gasteiger partial charge in [-0.15, -0.1) is 0 Å². The monoisotopic (exact) mass is 397 g/mol. The van der Waals surface area contributed by atoms with Gasteiger partial charge in [-0.25, -0.2) is 4.79 Å². The third-order valence-corrected chi connectivity index (χ3v) is 5.57. The molecule has 29 heavy (non-hydrogen) atoms. The number of imide groups is 1. The average Bonchev–Trinajstić information content (AvgIpc) is 3.11. The number of aromatic nitrogens is 1. The molecule has 1 fully saturated rings. The Hall–Kier alpha value is -3.09. The van der Waals surface area contributed by atoms with E-state index in [1.807, 2.05) is 19.9 Å². The van der Waals surface area contributed by atoms with Gasteiger partial charge in [0.25, 0.3) is 5.91 Å². The van der Waals surface area contributed by atoms with E-state index >= 15 is 0 Å². The number of hydrogen-bond acceptors (Lipinski definition) is 4. The van der Waals surface area contributed by atoms with Gasteiger partial charge in [0.05, 0.1) is 13.7 Å².